The Morgan fingerprint density at radius 2 is 1.83 bits per heavy atom. The average molecular weight is 108 g/mol. The minimum atomic E-state index is -2.01. The van der Waals surface area contributed by atoms with Crippen molar-refractivity contribution in [3.63, 3.8) is 0 Å². The summed E-state index contributed by atoms with van der Waals surface area (Å²) in [7, 11) is -2.01. The van der Waals surface area contributed by atoms with Gasteiger partial charge in [-0.25, -0.2) is 0 Å². The van der Waals surface area contributed by atoms with Crippen LogP contribution in [0.4, 0.5) is 0 Å². The molecule has 0 aromatic carbocycles. The van der Waals surface area contributed by atoms with Crippen LogP contribution in [0, 0.1) is 0 Å². The predicted octanol–water partition coefficient (Wildman–Crippen LogP) is 0.423. The molecule has 4 heteroatoms. The highest BCUT2D eigenvalue weighted by Crippen LogP contribution is 2.27. The van der Waals surface area contributed by atoms with E-state index in [2.05, 4.69) is 9.05 Å². The minimum Gasteiger partial charge on any atom is -0.308 e. The zero-order valence-electron chi connectivity index (χ0n) is 3.14. The van der Waals surface area contributed by atoms with Gasteiger partial charge in [-0.15, -0.1) is 0 Å². The average Bonchev–Trinajstić information content (AvgIpc) is 1.86. The summed E-state index contributed by atoms with van der Waals surface area (Å²) >= 11 is 0. The lowest BCUT2D eigenvalue weighted by Gasteiger charge is -1.78. The Bertz CT molecular complexity index is 63.2. The topological polar surface area (TPSA) is 35.5 Å². The van der Waals surface area contributed by atoms with Gasteiger partial charge in [0.25, 0.3) is 0 Å². The highest BCUT2D eigenvalue weighted by atomic mass is 31.1. The molecule has 0 bridgehead atoms. The van der Waals surface area contributed by atoms with E-state index in [0.29, 0.717) is 13.2 Å². The molecule has 0 atom stereocenters. The molecule has 1 heterocycles. The highest BCUT2D eigenvalue weighted by Gasteiger charge is 2.05. The van der Waals surface area contributed by atoms with Gasteiger partial charge in [-0.2, -0.15) is 0 Å². The Hall–Kier alpha value is 0.150. The smallest absolute Gasteiger partial charge is 0.308 e. The number of rotatable bonds is 0. The van der Waals surface area contributed by atoms with Crippen LogP contribution in [-0.2, 0) is 13.6 Å². The lowest BCUT2D eigenvalue weighted by Crippen LogP contribution is -1.79. The first kappa shape index (κ1) is 4.31. The van der Waals surface area contributed by atoms with E-state index >= 15 is 0 Å². The van der Waals surface area contributed by atoms with Gasteiger partial charge in [-0.05, 0) is 0 Å². The van der Waals surface area contributed by atoms with Gasteiger partial charge < -0.3 is 9.05 Å². The Morgan fingerprint density at radius 1 is 1.33 bits per heavy atom. The van der Waals surface area contributed by atoms with Crippen LogP contribution in [0.5, 0.6) is 0 Å². The normalized spacial score (nSPS) is 25.3. The van der Waals surface area contributed by atoms with Crippen molar-refractivity contribution >= 4 is 8.25 Å². The number of hydrogen-bond donors (Lipinski definition) is 0. The molecule has 0 unspecified atom stereocenters. The SMILES string of the molecule is O=[PH]1OCCO1. The van der Waals surface area contributed by atoms with Crippen molar-refractivity contribution in [2.45, 2.75) is 0 Å². The van der Waals surface area contributed by atoms with Crippen molar-refractivity contribution in [3.05, 3.63) is 0 Å². The van der Waals surface area contributed by atoms with Gasteiger partial charge >= 0.3 is 8.25 Å². The van der Waals surface area contributed by atoms with Crippen LogP contribution in [0.25, 0.3) is 0 Å². The zero-order valence-corrected chi connectivity index (χ0v) is 4.14. The molecule has 1 aliphatic heterocycles. The van der Waals surface area contributed by atoms with E-state index < -0.39 is 8.25 Å². The maximum absolute atomic E-state index is 9.98. The molecule has 6 heavy (non-hydrogen) atoms. The van der Waals surface area contributed by atoms with Crippen LogP contribution < -0.4 is 0 Å². The Labute approximate surface area is 36.2 Å². The lowest BCUT2D eigenvalue weighted by atomic mass is 10.8. The minimum absolute atomic E-state index is 0.498. The fourth-order valence-corrected chi connectivity index (χ4v) is 0.875. The first-order valence-electron chi connectivity index (χ1n) is 1.69. The molecule has 1 aliphatic rings. The van der Waals surface area contributed by atoms with E-state index in [0.717, 1.165) is 0 Å². The molecule has 3 nitrogen and oxygen atoms in total. The molecule has 0 radical (unpaired) electrons. The second-order valence-corrected chi connectivity index (χ2v) is 2.02. The molecule has 36 valence electrons. The summed E-state index contributed by atoms with van der Waals surface area (Å²) in [6, 6.07) is 0. The monoisotopic (exact) mass is 108 g/mol. The van der Waals surface area contributed by atoms with E-state index in [1.165, 1.54) is 0 Å². The summed E-state index contributed by atoms with van der Waals surface area (Å²) in [6.45, 7) is 0.996. The van der Waals surface area contributed by atoms with Gasteiger partial charge in [-0.1, -0.05) is 0 Å². The Kier molecular flexibility index (Phi) is 1.25. The zero-order chi connectivity index (χ0) is 4.41. The van der Waals surface area contributed by atoms with Gasteiger partial charge in [0.1, 0.15) is 0 Å². The van der Waals surface area contributed by atoms with E-state index in [4.69, 9.17) is 0 Å². The van der Waals surface area contributed by atoms with Gasteiger partial charge in [0.05, 0.1) is 13.2 Å². The molecule has 0 aliphatic carbocycles. The van der Waals surface area contributed by atoms with Crippen molar-refractivity contribution in [1.82, 2.24) is 0 Å². The summed E-state index contributed by atoms with van der Waals surface area (Å²) in [5.74, 6) is 0. The van der Waals surface area contributed by atoms with Crippen molar-refractivity contribution in [1.29, 1.82) is 0 Å². The van der Waals surface area contributed by atoms with Crippen LogP contribution >= 0.6 is 8.25 Å². The van der Waals surface area contributed by atoms with E-state index in [9.17, 15) is 4.57 Å². The third kappa shape index (κ3) is 0.805. The lowest BCUT2D eigenvalue weighted by molar-refractivity contribution is 0.365. The van der Waals surface area contributed by atoms with E-state index in [1.54, 1.807) is 0 Å². The molecule has 1 fully saturated rings. The van der Waals surface area contributed by atoms with Crippen molar-refractivity contribution < 1.29 is 13.6 Å². The van der Waals surface area contributed by atoms with Gasteiger partial charge in [-0.3, -0.25) is 4.57 Å². The van der Waals surface area contributed by atoms with Gasteiger partial charge in [0, 0.05) is 0 Å². The first-order valence-corrected chi connectivity index (χ1v) is 2.91. The summed E-state index contributed by atoms with van der Waals surface area (Å²) in [4.78, 5) is 0. The Morgan fingerprint density at radius 3 is 2.00 bits per heavy atom. The second-order valence-electron chi connectivity index (χ2n) is 0.947. The van der Waals surface area contributed by atoms with Crippen molar-refractivity contribution in [2.75, 3.05) is 13.2 Å². The molecule has 0 N–H and O–H groups in total. The third-order valence-electron chi connectivity index (χ3n) is 0.523. The molecule has 1 rings (SSSR count). The van der Waals surface area contributed by atoms with E-state index in [-0.39, 0.29) is 0 Å². The van der Waals surface area contributed by atoms with Crippen LogP contribution in [0.2, 0.25) is 0 Å². The van der Waals surface area contributed by atoms with Crippen molar-refractivity contribution in [2.24, 2.45) is 0 Å². The fourth-order valence-electron chi connectivity index (χ4n) is 0.292. The summed E-state index contributed by atoms with van der Waals surface area (Å²) in [5.41, 5.74) is 0. The van der Waals surface area contributed by atoms with Crippen LogP contribution in [0.15, 0.2) is 0 Å². The van der Waals surface area contributed by atoms with Crippen LogP contribution in [0.1, 0.15) is 0 Å². The summed E-state index contributed by atoms with van der Waals surface area (Å²) in [5, 5.41) is 0. The maximum atomic E-state index is 9.98. The molecule has 0 amide bonds. The quantitative estimate of drug-likeness (QED) is 0.422. The van der Waals surface area contributed by atoms with Crippen molar-refractivity contribution in [3.8, 4) is 0 Å². The van der Waals surface area contributed by atoms with Gasteiger partial charge in [0.2, 0.25) is 0 Å². The first-order chi connectivity index (χ1) is 2.89. The highest BCUT2D eigenvalue weighted by molar-refractivity contribution is 7.33. The standard InChI is InChI=1S/C2H5O3P/c3-6-4-1-2-5-6/h6H,1-2H2. The van der Waals surface area contributed by atoms with E-state index in [1.807, 2.05) is 0 Å². The predicted molar refractivity (Wildman–Crippen MR) is 20.9 cm³/mol. The largest absolute Gasteiger partial charge is 0.319 e. The molecule has 0 aromatic heterocycles. The van der Waals surface area contributed by atoms with Gasteiger partial charge in [0.15, 0.2) is 0 Å². The summed E-state index contributed by atoms with van der Waals surface area (Å²) < 4.78 is 18.9. The maximum Gasteiger partial charge on any atom is 0.319 e. The molecular weight excluding hydrogens is 103 g/mol. The molecule has 0 saturated carbocycles. The Balaban J connectivity index is 2.37. The number of hydrogen-bond acceptors (Lipinski definition) is 3. The fraction of sp³-hybridized carbons (Fsp3) is 1.00. The third-order valence-corrected chi connectivity index (χ3v) is 1.40. The molecule has 1 saturated heterocycles. The van der Waals surface area contributed by atoms with Crippen LogP contribution in [0.3, 0.4) is 0 Å². The second kappa shape index (κ2) is 1.73. The molecule has 0 spiro atoms. The molecule has 0 aromatic rings. The van der Waals surface area contributed by atoms with Crippen LogP contribution in [-0.4, -0.2) is 13.2 Å². The molecular formula is C2H5O3P. The summed E-state index contributed by atoms with van der Waals surface area (Å²) in [6.07, 6.45) is 0.